The average Bonchev–Trinajstić information content (AvgIpc) is 2.93. The van der Waals surface area contributed by atoms with Crippen LogP contribution in [0.4, 0.5) is 4.79 Å². The number of benzene rings is 2. The minimum absolute atomic E-state index is 0.0577. The van der Waals surface area contributed by atoms with Gasteiger partial charge in [0.2, 0.25) is 11.8 Å². The van der Waals surface area contributed by atoms with E-state index < -0.39 is 47.3 Å². The Morgan fingerprint density at radius 2 is 1.38 bits per heavy atom. The van der Waals surface area contributed by atoms with Crippen LogP contribution in [0.15, 0.2) is 48.5 Å². The smallest absolute Gasteiger partial charge is 0.408 e. The van der Waals surface area contributed by atoms with Crippen LogP contribution in [0.2, 0.25) is 0 Å². The first kappa shape index (κ1) is 40.3. The maximum atomic E-state index is 14.6. The van der Waals surface area contributed by atoms with E-state index in [2.05, 4.69) is 17.6 Å². The molecule has 0 bridgehead atoms. The van der Waals surface area contributed by atoms with Crippen LogP contribution >= 0.6 is 0 Å². The van der Waals surface area contributed by atoms with Crippen molar-refractivity contribution in [3.63, 3.8) is 0 Å². The molecular formula is C39H59N3O6. The van der Waals surface area contributed by atoms with E-state index in [1.165, 1.54) is 0 Å². The van der Waals surface area contributed by atoms with Crippen molar-refractivity contribution in [2.24, 2.45) is 5.92 Å². The summed E-state index contributed by atoms with van der Waals surface area (Å²) in [6.45, 7) is 20.8. The van der Waals surface area contributed by atoms with E-state index in [9.17, 15) is 19.2 Å². The lowest BCUT2D eigenvalue weighted by Crippen LogP contribution is -2.55. The van der Waals surface area contributed by atoms with Crippen LogP contribution in [0.1, 0.15) is 116 Å². The van der Waals surface area contributed by atoms with E-state index in [0.717, 1.165) is 29.5 Å². The van der Waals surface area contributed by atoms with Crippen molar-refractivity contribution in [2.45, 2.75) is 138 Å². The number of nitrogens with one attached hydrogen (secondary N) is 2. The van der Waals surface area contributed by atoms with Crippen molar-refractivity contribution in [3.8, 4) is 0 Å². The zero-order valence-corrected chi connectivity index (χ0v) is 31.1. The van der Waals surface area contributed by atoms with Gasteiger partial charge in [-0.15, -0.1) is 0 Å². The Bertz CT molecular complexity index is 1340. The summed E-state index contributed by atoms with van der Waals surface area (Å²) in [5, 5.41) is 5.79. The van der Waals surface area contributed by atoms with Gasteiger partial charge in [-0.3, -0.25) is 9.59 Å². The molecule has 9 heteroatoms. The summed E-state index contributed by atoms with van der Waals surface area (Å²) in [5.41, 5.74) is 1.81. The van der Waals surface area contributed by atoms with Gasteiger partial charge in [-0.25, -0.2) is 9.59 Å². The highest BCUT2D eigenvalue weighted by molar-refractivity contribution is 5.94. The summed E-state index contributed by atoms with van der Waals surface area (Å²) in [5.74, 6) is -1.40. The first-order chi connectivity index (χ1) is 22.3. The number of hydrogen-bond donors (Lipinski definition) is 2. The molecule has 0 aromatic heterocycles. The molecule has 9 nitrogen and oxygen atoms in total. The molecule has 0 saturated heterocycles. The number of carbonyl (C=O) groups is 4. The zero-order chi connectivity index (χ0) is 36.2. The molecule has 0 saturated carbocycles. The number of unbranched alkanes of at least 4 members (excludes halogenated alkanes) is 2. The minimum Gasteiger partial charge on any atom is -0.458 e. The lowest BCUT2D eigenvalue weighted by Gasteiger charge is -2.36. The summed E-state index contributed by atoms with van der Waals surface area (Å²) < 4.78 is 11.3. The van der Waals surface area contributed by atoms with Crippen LogP contribution in [0.5, 0.6) is 0 Å². The number of aryl methyl sites for hydroxylation is 2. The highest BCUT2D eigenvalue weighted by Crippen LogP contribution is 2.27. The lowest BCUT2D eigenvalue weighted by molar-refractivity contribution is -0.159. The third-order valence-electron chi connectivity index (χ3n) is 7.39. The molecule has 2 aromatic carbocycles. The minimum atomic E-state index is -1.08. The van der Waals surface area contributed by atoms with Crippen molar-refractivity contribution >= 4 is 23.9 Å². The molecule has 0 radical (unpaired) electrons. The van der Waals surface area contributed by atoms with Crippen molar-refractivity contribution in [1.29, 1.82) is 0 Å². The number of esters is 1. The average molecular weight is 666 g/mol. The second kappa shape index (κ2) is 18.0. The molecule has 0 spiro atoms. The van der Waals surface area contributed by atoms with Gasteiger partial charge in [0.05, 0.1) is 0 Å². The Hall–Kier alpha value is -3.88. The first-order valence-corrected chi connectivity index (χ1v) is 17.2. The van der Waals surface area contributed by atoms with Gasteiger partial charge >= 0.3 is 12.1 Å². The Balaban J connectivity index is 2.67. The Morgan fingerprint density at radius 3 is 1.90 bits per heavy atom. The Morgan fingerprint density at radius 1 is 0.792 bits per heavy atom. The fourth-order valence-electron chi connectivity index (χ4n) is 5.55. The van der Waals surface area contributed by atoms with Gasteiger partial charge in [-0.2, -0.15) is 0 Å². The zero-order valence-electron chi connectivity index (χ0n) is 31.1. The van der Waals surface area contributed by atoms with Crippen LogP contribution in [0, 0.1) is 19.8 Å². The van der Waals surface area contributed by atoms with Gasteiger partial charge in [0.1, 0.15) is 29.3 Å². The summed E-state index contributed by atoms with van der Waals surface area (Å²) in [7, 11) is 0. The Labute approximate surface area is 288 Å². The second-order valence-corrected chi connectivity index (χ2v) is 15.2. The van der Waals surface area contributed by atoms with Gasteiger partial charge in [-0.1, -0.05) is 93.3 Å². The fourth-order valence-corrected chi connectivity index (χ4v) is 5.55. The van der Waals surface area contributed by atoms with E-state index >= 15 is 0 Å². The van der Waals surface area contributed by atoms with Crippen LogP contribution in [-0.4, -0.2) is 58.6 Å². The van der Waals surface area contributed by atoms with Crippen LogP contribution < -0.4 is 10.6 Å². The van der Waals surface area contributed by atoms with Crippen LogP contribution in [0.3, 0.4) is 0 Å². The molecule has 3 unspecified atom stereocenters. The normalized spacial score (nSPS) is 13.7. The quantitative estimate of drug-likeness (QED) is 0.152. The van der Waals surface area contributed by atoms with Gasteiger partial charge in [-0.05, 0) is 85.3 Å². The topological polar surface area (TPSA) is 114 Å². The highest BCUT2D eigenvalue weighted by atomic mass is 16.6. The molecule has 0 aliphatic carbocycles. The molecule has 0 aliphatic rings. The molecule has 2 N–H and O–H groups in total. The van der Waals surface area contributed by atoms with Crippen molar-refractivity contribution in [3.05, 3.63) is 70.8 Å². The number of ether oxygens (including phenoxy) is 2. The third kappa shape index (κ3) is 14.1. The monoisotopic (exact) mass is 665 g/mol. The summed E-state index contributed by atoms with van der Waals surface area (Å²) in [6, 6.07) is 12.2. The van der Waals surface area contributed by atoms with Crippen molar-refractivity contribution in [2.75, 3.05) is 6.54 Å². The van der Waals surface area contributed by atoms with Crippen molar-refractivity contribution < 1.29 is 28.7 Å². The molecule has 0 aliphatic heterocycles. The summed E-state index contributed by atoms with van der Waals surface area (Å²) in [6.07, 6.45) is 2.26. The molecule has 3 atom stereocenters. The molecule has 2 aromatic rings. The lowest BCUT2D eigenvalue weighted by atomic mass is 9.96. The van der Waals surface area contributed by atoms with Crippen molar-refractivity contribution in [1.82, 2.24) is 15.5 Å². The molecule has 0 fully saturated rings. The van der Waals surface area contributed by atoms with Gasteiger partial charge in [0.25, 0.3) is 0 Å². The molecule has 48 heavy (non-hydrogen) atoms. The van der Waals surface area contributed by atoms with Crippen LogP contribution in [-0.2, 0) is 30.3 Å². The van der Waals surface area contributed by atoms with Crippen LogP contribution in [0.25, 0.3) is 0 Å². The maximum Gasteiger partial charge on any atom is 0.408 e. The van der Waals surface area contributed by atoms with Gasteiger partial charge in [0, 0.05) is 13.0 Å². The predicted octanol–water partition coefficient (Wildman–Crippen LogP) is 7.37. The number of rotatable bonds is 15. The van der Waals surface area contributed by atoms with E-state index in [4.69, 9.17) is 9.47 Å². The fraction of sp³-hybridized carbons (Fsp3) is 0.590. The predicted molar refractivity (Wildman–Crippen MR) is 190 cm³/mol. The molecule has 0 heterocycles. The second-order valence-electron chi connectivity index (χ2n) is 15.2. The molecule has 3 amide bonds. The SMILES string of the molecule is CCCCCN(C(=O)C(CC(C)C)NC(=O)OC(C)(C)C)C(C(=O)NC(Cc1ccccc1)C(=O)OC(C)(C)C)c1cc(C)cc(C)c1. The number of amides is 3. The standard InChI is InChI=1S/C39H59N3O6/c1-12-13-17-20-42(35(44)31(21-26(2)3)41-37(46)48-39(9,10)11)33(30-23-27(4)22-28(5)24-30)34(43)40-32(36(45)47-38(6,7)8)25-29-18-15-14-16-19-29/h14-16,18-19,22-24,26,31-33H,12-13,17,20-21,25H2,1-11H3,(H,40,43)(H,41,46). The number of carbonyl (C=O) groups excluding carboxylic acids is 4. The molecule has 266 valence electrons. The van der Waals surface area contributed by atoms with E-state index in [1.54, 1.807) is 46.4 Å². The number of nitrogens with zero attached hydrogens (tertiary/aromatic N) is 1. The van der Waals surface area contributed by atoms with E-state index in [1.807, 2.05) is 76.2 Å². The van der Waals surface area contributed by atoms with Gasteiger partial charge in [0.15, 0.2) is 0 Å². The molecular weight excluding hydrogens is 606 g/mol. The highest BCUT2D eigenvalue weighted by Gasteiger charge is 2.38. The number of hydrogen-bond acceptors (Lipinski definition) is 6. The number of alkyl carbamates (subject to hydrolysis) is 1. The Kier molecular flexibility index (Phi) is 15.1. The van der Waals surface area contributed by atoms with Gasteiger partial charge < -0.3 is 25.0 Å². The van der Waals surface area contributed by atoms with E-state index in [0.29, 0.717) is 18.4 Å². The summed E-state index contributed by atoms with van der Waals surface area (Å²) >= 11 is 0. The molecule has 2 rings (SSSR count). The maximum absolute atomic E-state index is 14.6. The van der Waals surface area contributed by atoms with E-state index in [-0.39, 0.29) is 24.8 Å². The largest absolute Gasteiger partial charge is 0.458 e. The first-order valence-electron chi connectivity index (χ1n) is 17.2. The summed E-state index contributed by atoms with van der Waals surface area (Å²) in [4.78, 5) is 57.4. The third-order valence-corrected chi connectivity index (χ3v) is 7.39.